The van der Waals surface area contributed by atoms with Gasteiger partial charge in [-0.3, -0.25) is 9.59 Å². The Hall–Kier alpha value is -4.24. The molecule has 3 aromatic rings. The van der Waals surface area contributed by atoms with E-state index in [9.17, 15) is 20.0 Å². The second-order valence-corrected chi connectivity index (χ2v) is 10.1. The first kappa shape index (κ1) is 23.2. The third-order valence-electron chi connectivity index (χ3n) is 8.15. The summed E-state index contributed by atoms with van der Waals surface area (Å²) in [6.07, 6.45) is -0.373. The Labute approximate surface area is 213 Å². The van der Waals surface area contributed by atoms with Crippen LogP contribution < -0.4 is 9.64 Å². The fourth-order valence-corrected chi connectivity index (χ4v) is 6.40. The molecule has 8 heteroatoms. The van der Waals surface area contributed by atoms with Crippen molar-refractivity contribution in [1.29, 1.82) is 10.5 Å². The number of benzene rings is 3. The maximum Gasteiger partial charge on any atom is 0.240 e. The molecule has 3 unspecified atom stereocenters. The molecule has 3 saturated heterocycles. The van der Waals surface area contributed by atoms with Crippen LogP contribution in [0.4, 0.5) is 5.69 Å². The first-order chi connectivity index (χ1) is 17.8. The zero-order valence-corrected chi connectivity index (χ0v) is 20.0. The SMILES string of the molecule is CC12OC(CCOc3ccc(C#N)cc3)(C[C@@H]1O)[C@H]1C(=O)N(c3ccc(C#N)c4ccccc34)C(=O)C12. The molecular formula is C29H23N3O5. The number of carbonyl (C=O) groups excluding carboxylic acids is 2. The number of carbonyl (C=O) groups is 2. The highest BCUT2D eigenvalue weighted by Crippen LogP contribution is 2.62. The molecule has 0 aromatic heterocycles. The van der Waals surface area contributed by atoms with E-state index in [1.165, 1.54) is 4.90 Å². The molecule has 184 valence electrons. The van der Waals surface area contributed by atoms with Gasteiger partial charge in [-0.2, -0.15) is 10.5 Å². The molecule has 3 aliphatic rings. The van der Waals surface area contributed by atoms with Crippen LogP contribution in [-0.2, 0) is 14.3 Å². The Kier molecular flexibility index (Phi) is 5.10. The molecule has 3 fully saturated rings. The van der Waals surface area contributed by atoms with Gasteiger partial charge >= 0.3 is 0 Å². The molecule has 0 radical (unpaired) electrons. The zero-order valence-electron chi connectivity index (χ0n) is 20.0. The first-order valence-electron chi connectivity index (χ1n) is 12.1. The summed E-state index contributed by atoms with van der Waals surface area (Å²) < 4.78 is 12.2. The van der Waals surface area contributed by atoms with Crippen LogP contribution in [0.3, 0.4) is 0 Å². The number of nitrogens with zero attached hydrogens (tertiary/aromatic N) is 3. The number of aliphatic hydroxyl groups is 1. The van der Waals surface area contributed by atoms with Crippen LogP contribution in [0.15, 0.2) is 60.7 Å². The molecule has 8 nitrogen and oxygen atoms in total. The van der Waals surface area contributed by atoms with E-state index in [2.05, 4.69) is 12.1 Å². The summed E-state index contributed by atoms with van der Waals surface area (Å²) in [6, 6.07) is 21.4. The monoisotopic (exact) mass is 493 g/mol. The molecule has 2 amide bonds. The molecule has 6 rings (SSSR count). The minimum atomic E-state index is -1.19. The number of rotatable bonds is 5. The van der Waals surface area contributed by atoms with E-state index in [0.29, 0.717) is 39.8 Å². The molecule has 0 aliphatic carbocycles. The number of anilines is 1. The van der Waals surface area contributed by atoms with Crippen molar-refractivity contribution in [2.75, 3.05) is 11.5 Å². The van der Waals surface area contributed by atoms with E-state index < -0.39 is 35.0 Å². The van der Waals surface area contributed by atoms with Gasteiger partial charge < -0.3 is 14.6 Å². The van der Waals surface area contributed by atoms with Crippen LogP contribution in [0.1, 0.15) is 30.9 Å². The third kappa shape index (κ3) is 3.20. The Balaban J connectivity index is 1.34. The standard InChI is InChI=1S/C29H23N3O5/c1-28-23(33)14-29(37-28,12-13-36-19-9-6-17(15-30)7-10-19)25-24(28)26(34)32(27(25)35)22-11-8-18(16-31)20-4-2-3-5-21(20)22/h2-11,23-25,33H,12-14H2,1H3/t23-,24?,25+,28?,29?/m0/s1. The lowest BCUT2D eigenvalue weighted by molar-refractivity contribution is -0.134. The van der Waals surface area contributed by atoms with Gasteiger partial charge in [-0.05, 0) is 43.3 Å². The number of aliphatic hydroxyl groups excluding tert-OH is 1. The van der Waals surface area contributed by atoms with E-state index in [4.69, 9.17) is 14.7 Å². The van der Waals surface area contributed by atoms with Crippen molar-refractivity contribution in [3.05, 3.63) is 71.8 Å². The summed E-state index contributed by atoms with van der Waals surface area (Å²) in [5.74, 6) is -1.77. The van der Waals surface area contributed by atoms with Crippen molar-refractivity contribution < 1.29 is 24.2 Å². The van der Waals surface area contributed by atoms with Crippen LogP contribution in [0.2, 0.25) is 0 Å². The zero-order chi connectivity index (χ0) is 25.9. The summed E-state index contributed by atoms with van der Waals surface area (Å²) in [4.78, 5) is 29.0. The lowest BCUT2D eigenvalue weighted by atomic mass is 9.66. The molecule has 3 aromatic carbocycles. The van der Waals surface area contributed by atoms with Crippen molar-refractivity contribution >= 4 is 28.3 Å². The van der Waals surface area contributed by atoms with Crippen molar-refractivity contribution in [3.63, 3.8) is 0 Å². The lowest BCUT2D eigenvalue weighted by Crippen LogP contribution is -2.49. The van der Waals surface area contributed by atoms with Crippen molar-refractivity contribution in [1.82, 2.24) is 0 Å². The number of imide groups is 1. The molecule has 2 bridgehead atoms. The predicted octanol–water partition coefficient (Wildman–Crippen LogP) is 3.45. The van der Waals surface area contributed by atoms with Gasteiger partial charge in [-0.1, -0.05) is 24.3 Å². The van der Waals surface area contributed by atoms with E-state index in [0.717, 1.165) is 0 Å². The van der Waals surface area contributed by atoms with E-state index >= 15 is 0 Å². The van der Waals surface area contributed by atoms with Crippen LogP contribution in [0.25, 0.3) is 10.8 Å². The van der Waals surface area contributed by atoms with Crippen molar-refractivity contribution in [2.24, 2.45) is 11.8 Å². The highest BCUT2D eigenvalue weighted by Gasteiger charge is 2.77. The molecule has 5 atom stereocenters. The maximum absolute atomic E-state index is 14.0. The lowest BCUT2D eigenvalue weighted by Gasteiger charge is -2.33. The highest BCUT2D eigenvalue weighted by molar-refractivity contribution is 6.26. The molecule has 0 saturated carbocycles. The van der Waals surface area contributed by atoms with Gasteiger partial charge in [-0.15, -0.1) is 0 Å². The number of amides is 2. The van der Waals surface area contributed by atoms with Gasteiger partial charge in [0.05, 0.1) is 59.1 Å². The molecular weight excluding hydrogens is 470 g/mol. The van der Waals surface area contributed by atoms with Crippen LogP contribution in [0.5, 0.6) is 5.75 Å². The smallest absolute Gasteiger partial charge is 0.240 e. The number of nitriles is 2. The van der Waals surface area contributed by atoms with Crippen LogP contribution >= 0.6 is 0 Å². The normalized spacial score (nSPS) is 29.8. The van der Waals surface area contributed by atoms with Gasteiger partial charge in [-0.25, -0.2) is 4.90 Å². The largest absolute Gasteiger partial charge is 0.493 e. The van der Waals surface area contributed by atoms with E-state index in [1.54, 1.807) is 61.5 Å². The highest BCUT2D eigenvalue weighted by atomic mass is 16.6. The summed E-state index contributed by atoms with van der Waals surface area (Å²) in [7, 11) is 0. The molecule has 1 N–H and O–H groups in total. The fraction of sp³-hybridized carbons (Fsp3) is 0.310. The van der Waals surface area contributed by atoms with Gasteiger partial charge in [0.25, 0.3) is 0 Å². The second kappa shape index (κ2) is 8.14. The average molecular weight is 494 g/mol. The van der Waals surface area contributed by atoms with Crippen molar-refractivity contribution in [3.8, 4) is 17.9 Å². The quantitative estimate of drug-likeness (QED) is 0.540. The van der Waals surface area contributed by atoms with Gasteiger partial charge in [0.2, 0.25) is 11.8 Å². The van der Waals surface area contributed by atoms with E-state index in [1.807, 2.05) is 6.07 Å². The second-order valence-electron chi connectivity index (χ2n) is 10.1. The van der Waals surface area contributed by atoms with Gasteiger partial charge in [0.1, 0.15) is 11.4 Å². The van der Waals surface area contributed by atoms with Crippen LogP contribution in [0, 0.1) is 34.5 Å². The Morgan fingerprint density at radius 3 is 2.41 bits per heavy atom. The van der Waals surface area contributed by atoms with E-state index in [-0.39, 0.29) is 18.9 Å². The minimum Gasteiger partial charge on any atom is -0.493 e. The predicted molar refractivity (Wildman–Crippen MR) is 132 cm³/mol. The molecule has 3 aliphatic heterocycles. The summed E-state index contributed by atoms with van der Waals surface area (Å²) >= 11 is 0. The molecule has 3 heterocycles. The average Bonchev–Trinajstić information content (AvgIpc) is 3.44. The Morgan fingerprint density at radius 1 is 1.00 bits per heavy atom. The summed E-state index contributed by atoms with van der Waals surface area (Å²) in [5.41, 5.74) is -0.826. The Morgan fingerprint density at radius 2 is 1.70 bits per heavy atom. The van der Waals surface area contributed by atoms with Gasteiger partial charge in [0.15, 0.2) is 0 Å². The first-order valence-corrected chi connectivity index (χ1v) is 12.1. The van der Waals surface area contributed by atoms with Crippen molar-refractivity contribution in [2.45, 2.75) is 37.1 Å². The fourth-order valence-electron chi connectivity index (χ4n) is 6.40. The number of fused-ring (bicyclic) bond motifs is 6. The minimum absolute atomic E-state index is 0.208. The topological polar surface area (TPSA) is 124 Å². The number of hydrogen-bond donors (Lipinski definition) is 1. The summed E-state index contributed by atoms with van der Waals surface area (Å²) in [5, 5.41) is 30.8. The maximum atomic E-state index is 14.0. The number of hydrogen-bond acceptors (Lipinski definition) is 7. The molecule has 0 spiro atoms. The van der Waals surface area contributed by atoms with Crippen LogP contribution in [-0.4, -0.2) is 40.8 Å². The molecule has 37 heavy (non-hydrogen) atoms. The van der Waals surface area contributed by atoms with Gasteiger partial charge in [0, 0.05) is 23.6 Å². The Bertz CT molecular complexity index is 1540. The third-order valence-corrected chi connectivity index (χ3v) is 8.15. The number of ether oxygens (including phenoxy) is 2. The summed E-state index contributed by atoms with van der Waals surface area (Å²) in [6.45, 7) is 1.91.